The zero-order valence-corrected chi connectivity index (χ0v) is 11.8. The molecule has 1 rings (SSSR count). The first kappa shape index (κ1) is 15.0. The minimum absolute atomic E-state index is 0.0242. The van der Waals surface area contributed by atoms with Gasteiger partial charge in [0.2, 0.25) is 5.91 Å². The fraction of sp³-hybridized carbons (Fsp3) is 0.333. The molecule has 0 aliphatic rings. The number of allylic oxidation sites excluding steroid dienone is 2. The first-order valence-electron chi connectivity index (χ1n) is 6.20. The smallest absolute Gasteiger partial charge is 0.224 e. The molecule has 0 spiro atoms. The monoisotopic (exact) mass is 259 g/mol. The molecule has 0 aliphatic heterocycles. The van der Waals surface area contributed by atoms with Gasteiger partial charge in [-0.1, -0.05) is 30.9 Å². The van der Waals surface area contributed by atoms with E-state index in [1.807, 2.05) is 26.8 Å². The number of aromatic amines is 1. The minimum Gasteiger partial charge on any atom is -0.352 e. The van der Waals surface area contributed by atoms with Crippen molar-refractivity contribution in [2.24, 2.45) is 0 Å². The van der Waals surface area contributed by atoms with Crippen LogP contribution in [-0.4, -0.2) is 22.6 Å². The summed E-state index contributed by atoms with van der Waals surface area (Å²) in [5, 5.41) is 9.84. The number of aromatic nitrogens is 2. The van der Waals surface area contributed by atoms with E-state index < -0.39 is 0 Å². The van der Waals surface area contributed by atoms with Gasteiger partial charge < -0.3 is 5.32 Å². The molecular weight excluding hydrogens is 238 g/mol. The Bertz CT molecular complexity index is 504. The third-order valence-corrected chi connectivity index (χ3v) is 2.96. The van der Waals surface area contributed by atoms with Crippen molar-refractivity contribution in [3.05, 3.63) is 53.4 Å². The van der Waals surface area contributed by atoms with Crippen LogP contribution >= 0.6 is 0 Å². The van der Waals surface area contributed by atoms with Crippen LogP contribution < -0.4 is 5.32 Å². The fourth-order valence-electron chi connectivity index (χ4n) is 1.75. The summed E-state index contributed by atoms with van der Waals surface area (Å²) in [5.41, 5.74) is 4.67. The van der Waals surface area contributed by atoms with Crippen LogP contribution in [-0.2, 0) is 11.2 Å². The number of amides is 1. The number of carbonyl (C=O) groups excluding carboxylic acids is 1. The van der Waals surface area contributed by atoms with Crippen molar-refractivity contribution in [3.63, 3.8) is 0 Å². The van der Waals surface area contributed by atoms with Gasteiger partial charge in [-0.15, -0.1) is 0 Å². The molecule has 0 unspecified atom stereocenters. The molecule has 0 saturated carbocycles. The third-order valence-electron chi connectivity index (χ3n) is 2.96. The molecule has 0 radical (unpaired) electrons. The number of H-pyrrole nitrogens is 1. The average molecular weight is 259 g/mol. The molecule has 4 nitrogen and oxygen atoms in total. The Labute approximate surface area is 114 Å². The van der Waals surface area contributed by atoms with Crippen molar-refractivity contribution in [3.8, 4) is 0 Å². The van der Waals surface area contributed by atoms with Gasteiger partial charge in [-0.25, -0.2) is 0 Å². The van der Waals surface area contributed by atoms with Crippen molar-refractivity contribution in [2.75, 3.05) is 6.54 Å². The highest BCUT2D eigenvalue weighted by Gasteiger charge is 2.11. The molecule has 0 aliphatic carbocycles. The summed E-state index contributed by atoms with van der Waals surface area (Å²) in [6.45, 7) is 13.7. The van der Waals surface area contributed by atoms with Gasteiger partial charge in [0.25, 0.3) is 0 Å². The predicted molar refractivity (Wildman–Crippen MR) is 77.9 cm³/mol. The number of aryl methyl sites for hydroxylation is 2. The number of rotatable bonds is 6. The second-order valence-corrected chi connectivity index (χ2v) is 4.57. The molecule has 19 heavy (non-hydrogen) atoms. The maximum atomic E-state index is 11.9. The Morgan fingerprint density at radius 1 is 1.47 bits per heavy atom. The molecule has 0 aromatic carbocycles. The van der Waals surface area contributed by atoms with E-state index in [-0.39, 0.29) is 5.91 Å². The molecule has 1 amide bonds. The average Bonchev–Trinajstić information content (AvgIpc) is 2.66. The largest absolute Gasteiger partial charge is 0.352 e. The number of hydrogen-bond acceptors (Lipinski definition) is 2. The van der Waals surface area contributed by atoms with Gasteiger partial charge in [-0.2, -0.15) is 5.10 Å². The summed E-state index contributed by atoms with van der Waals surface area (Å²) < 4.78 is 0. The lowest BCUT2D eigenvalue weighted by molar-refractivity contribution is -0.120. The van der Waals surface area contributed by atoms with E-state index in [1.165, 1.54) is 0 Å². The second-order valence-electron chi connectivity index (χ2n) is 4.57. The molecule has 2 N–H and O–H groups in total. The van der Waals surface area contributed by atoms with Crippen LogP contribution in [0.15, 0.2) is 36.5 Å². The van der Waals surface area contributed by atoms with Crippen molar-refractivity contribution in [1.82, 2.24) is 15.5 Å². The van der Waals surface area contributed by atoms with Crippen LogP contribution in [0.4, 0.5) is 0 Å². The fourth-order valence-corrected chi connectivity index (χ4v) is 1.75. The van der Waals surface area contributed by atoms with Gasteiger partial charge in [0.05, 0.1) is 12.1 Å². The number of nitrogens with zero attached hydrogens (tertiary/aromatic N) is 1. The first-order valence-corrected chi connectivity index (χ1v) is 6.20. The van der Waals surface area contributed by atoms with E-state index in [2.05, 4.69) is 28.7 Å². The topological polar surface area (TPSA) is 57.8 Å². The van der Waals surface area contributed by atoms with Gasteiger partial charge in [-0.3, -0.25) is 9.89 Å². The van der Waals surface area contributed by atoms with Crippen molar-refractivity contribution in [2.45, 2.75) is 27.2 Å². The molecule has 0 bridgehead atoms. The molecule has 0 saturated heterocycles. The van der Waals surface area contributed by atoms with Crippen LogP contribution in [0.2, 0.25) is 0 Å². The van der Waals surface area contributed by atoms with Crippen LogP contribution in [0, 0.1) is 13.8 Å². The van der Waals surface area contributed by atoms with Gasteiger partial charge in [0.1, 0.15) is 0 Å². The van der Waals surface area contributed by atoms with Gasteiger partial charge >= 0.3 is 0 Å². The summed E-state index contributed by atoms with van der Waals surface area (Å²) in [6.07, 6.45) is 3.89. The highest BCUT2D eigenvalue weighted by Crippen LogP contribution is 2.10. The van der Waals surface area contributed by atoms with Gasteiger partial charge in [-0.05, 0) is 26.3 Å². The molecular formula is C15H21N3O. The normalized spacial score (nSPS) is 11.2. The quantitative estimate of drug-likeness (QED) is 0.771. The number of nitrogens with one attached hydrogen (secondary N) is 2. The lowest BCUT2D eigenvalue weighted by Crippen LogP contribution is -2.27. The SMILES string of the molecule is C=C/C=C(/CNC(=O)Cc1c(C)n[nH]c1C)C(=C)C. The number of carbonyl (C=O) groups is 1. The Balaban J connectivity index is 2.59. The van der Waals surface area contributed by atoms with Crippen LogP contribution in [0.3, 0.4) is 0 Å². The van der Waals surface area contributed by atoms with Crippen molar-refractivity contribution in [1.29, 1.82) is 0 Å². The predicted octanol–water partition coefficient (Wildman–Crippen LogP) is 2.37. The number of hydrogen-bond donors (Lipinski definition) is 2. The van der Waals surface area contributed by atoms with E-state index in [0.29, 0.717) is 13.0 Å². The summed E-state index contributed by atoms with van der Waals surface area (Å²) in [5.74, 6) is -0.0242. The molecule has 102 valence electrons. The summed E-state index contributed by atoms with van der Waals surface area (Å²) in [7, 11) is 0. The molecule has 4 heteroatoms. The van der Waals surface area contributed by atoms with Crippen molar-refractivity contribution >= 4 is 5.91 Å². The van der Waals surface area contributed by atoms with E-state index in [1.54, 1.807) is 6.08 Å². The molecule has 0 fully saturated rings. The highest BCUT2D eigenvalue weighted by molar-refractivity contribution is 5.79. The molecule has 0 atom stereocenters. The Hall–Kier alpha value is -2.10. The summed E-state index contributed by atoms with van der Waals surface area (Å²) >= 11 is 0. The van der Waals surface area contributed by atoms with Crippen LogP contribution in [0.5, 0.6) is 0 Å². The Kier molecular flexibility index (Phi) is 5.30. The van der Waals surface area contributed by atoms with Crippen LogP contribution in [0.25, 0.3) is 0 Å². The third kappa shape index (κ3) is 4.25. The minimum atomic E-state index is -0.0242. The standard InChI is InChI=1S/C15H21N3O/c1-6-7-13(10(2)3)9-16-15(19)8-14-11(4)17-18-12(14)5/h6-7H,1-2,8-9H2,3-5H3,(H,16,19)(H,17,18)/b13-7-. The zero-order chi connectivity index (χ0) is 14.4. The highest BCUT2D eigenvalue weighted by atomic mass is 16.1. The van der Waals surface area contributed by atoms with E-state index in [0.717, 1.165) is 28.1 Å². The van der Waals surface area contributed by atoms with E-state index in [4.69, 9.17) is 0 Å². The summed E-state index contributed by atoms with van der Waals surface area (Å²) in [4.78, 5) is 11.9. The van der Waals surface area contributed by atoms with Gasteiger partial charge in [0, 0.05) is 17.8 Å². The molecule has 1 aromatic heterocycles. The van der Waals surface area contributed by atoms with Crippen molar-refractivity contribution < 1.29 is 4.79 Å². The summed E-state index contributed by atoms with van der Waals surface area (Å²) in [6, 6.07) is 0. The van der Waals surface area contributed by atoms with E-state index in [9.17, 15) is 4.79 Å². The van der Waals surface area contributed by atoms with Crippen LogP contribution in [0.1, 0.15) is 23.9 Å². The van der Waals surface area contributed by atoms with Gasteiger partial charge in [0.15, 0.2) is 0 Å². The van der Waals surface area contributed by atoms with E-state index >= 15 is 0 Å². The maximum absolute atomic E-state index is 11.9. The Morgan fingerprint density at radius 2 is 2.16 bits per heavy atom. The zero-order valence-electron chi connectivity index (χ0n) is 11.8. The maximum Gasteiger partial charge on any atom is 0.224 e. The molecule has 1 aromatic rings. The molecule has 1 heterocycles. The lowest BCUT2D eigenvalue weighted by Gasteiger charge is -2.09. The Morgan fingerprint density at radius 3 is 2.63 bits per heavy atom. The lowest BCUT2D eigenvalue weighted by atomic mass is 10.1. The second kappa shape index (κ2) is 6.73. The first-order chi connectivity index (χ1) is 8.95.